The monoisotopic (exact) mass is 456 g/mol. The van der Waals surface area contributed by atoms with Crippen molar-refractivity contribution in [2.24, 2.45) is 0 Å². The molecule has 0 bridgehead atoms. The Morgan fingerprint density at radius 1 is 1.09 bits per heavy atom. The molecule has 1 N–H and O–H groups in total. The quantitative estimate of drug-likeness (QED) is 0.735. The van der Waals surface area contributed by atoms with Crippen LogP contribution in [0, 0.1) is 0 Å². The fraction of sp³-hybridized carbons (Fsp3) is 0.280. The summed E-state index contributed by atoms with van der Waals surface area (Å²) < 4.78 is 38.9. The van der Waals surface area contributed by atoms with E-state index in [9.17, 15) is 27.9 Å². The van der Waals surface area contributed by atoms with Crippen LogP contribution >= 0.6 is 0 Å². The number of amides is 2. The molecular formula is C25H23F3N2O3. The summed E-state index contributed by atoms with van der Waals surface area (Å²) in [5.41, 5.74) is 1.55. The maximum absolute atomic E-state index is 13.6. The number of carbonyl (C=O) groups is 2. The number of nitrogens with zero attached hydrogens (tertiary/aromatic N) is 2. The lowest BCUT2D eigenvalue weighted by Gasteiger charge is -2.41. The average molecular weight is 456 g/mol. The molecule has 2 aromatic rings. The van der Waals surface area contributed by atoms with Crippen LogP contribution in [0.2, 0.25) is 0 Å². The van der Waals surface area contributed by atoms with Gasteiger partial charge in [-0.1, -0.05) is 36.4 Å². The fourth-order valence-corrected chi connectivity index (χ4v) is 4.27. The van der Waals surface area contributed by atoms with Gasteiger partial charge in [-0.2, -0.15) is 13.2 Å². The fourth-order valence-electron chi connectivity index (χ4n) is 4.27. The summed E-state index contributed by atoms with van der Waals surface area (Å²) in [6, 6.07) is 11.1. The number of halogens is 3. The molecule has 0 spiro atoms. The van der Waals surface area contributed by atoms with Crippen molar-refractivity contribution in [1.82, 2.24) is 9.80 Å². The van der Waals surface area contributed by atoms with E-state index in [1.54, 1.807) is 41.3 Å². The van der Waals surface area contributed by atoms with E-state index in [-0.39, 0.29) is 30.5 Å². The minimum Gasteiger partial charge on any atom is -0.389 e. The topological polar surface area (TPSA) is 60.9 Å². The first-order valence-corrected chi connectivity index (χ1v) is 10.6. The van der Waals surface area contributed by atoms with Crippen LogP contribution in [0.4, 0.5) is 13.2 Å². The Kier molecular flexibility index (Phi) is 5.88. The van der Waals surface area contributed by atoms with Crippen LogP contribution in [0.25, 0.3) is 11.1 Å². The summed E-state index contributed by atoms with van der Waals surface area (Å²) in [6.07, 6.45) is -1.78. The van der Waals surface area contributed by atoms with Gasteiger partial charge >= 0.3 is 6.18 Å². The minimum absolute atomic E-state index is 0.141. The van der Waals surface area contributed by atoms with Gasteiger partial charge in [-0.05, 0) is 49.2 Å². The molecule has 2 aliphatic rings. The number of alkyl halides is 3. The molecule has 0 saturated carbocycles. The molecule has 1 unspecified atom stereocenters. The highest BCUT2D eigenvalue weighted by molar-refractivity contribution is 6.04. The molecule has 0 aromatic heterocycles. The third-order valence-corrected chi connectivity index (χ3v) is 5.76. The first kappa shape index (κ1) is 22.8. The molecular weight excluding hydrogens is 433 g/mol. The second-order valence-corrected chi connectivity index (χ2v) is 8.33. The van der Waals surface area contributed by atoms with Gasteiger partial charge in [0, 0.05) is 23.7 Å². The first-order chi connectivity index (χ1) is 15.6. The van der Waals surface area contributed by atoms with Crippen LogP contribution in [0.1, 0.15) is 36.2 Å². The molecule has 2 aromatic carbocycles. The number of aliphatic hydroxyl groups is 1. The lowest BCUT2D eigenvalue weighted by atomic mass is 9.95. The van der Waals surface area contributed by atoms with Crippen LogP contribution in [0.3, 0.4) is 0 Å². The van der Waals surface area contributed by atoms with Crippen molar-refractivity contribution < 1.29 is 27.9 Å². The molecule has 172 valence electrons. The molecule has 0 fully saturated rings. The minimum atomic E-state index is -4.45. The maximum atomic E-state index is 13.6. The van der Waals surface area contributed by atoms with Crippen LogP contribution in [-0.4, -0.2) is 45.4 Å². The molecule has 1 heterocycles. The second-order valence-electron chi connectivity index (χ2n) is 8.33. The Balaban J connectivity index is 1.75. The smallest absolute Gasteiger partial charge is 0.389 e. The number of hydrogen-bond donors (Lipinski definition) is 1. The van der Waals surface area contributed by atoms with Gasteiger partial charge in [-0.15, -0.1) is 0 Å². The normalized spacial score (nSPS) is 18.8. The molecule has 0 radical (unpaired) electrons. The number of hydrogen-bond acceptors (Lipinski definition) is 3. The third-order valence-electron chi connectivity index (χ3n) is 5.76. The van der Waals surface area contributed by atoms with E-state index in [1.807, 2.05) is 13.8 Å². The molecule has 2 amide bonds. The summed E-state index contributed by atoms with van der Waals surface area (Å²) in [4.78, 5) is 29.5. The van der Waals surface area contributed by atoms with Crippen molar-refractivity contribution >= 4 is 11.8 Å². The predicted molar refractivity (Wildman–Crippen MR) is 117 cm³/mol. The highest BCUT2D eigenvalue weighted by atomic mass is 19.4. The van der Waals surface area contributed by atoms with Crippen molar-refractivity contribution in [3.63, 3.8) is 0 Å². The van der Waals surface area contributed by atoms with Gasteiger partial charge in [0.15, 0.2) is 0 Å². The predicted octanol–water partition coefficient (Wildman–Crippen LogP) is 4.60. The molecule has 1 aliphatic heterocycles. The van der Waals surface area contributed by atoms with E-state index in [0.717, 1.165) is 12.1 Å². The van der Waals surface area contributed by atoms with E-state index in [2.05, 4.69) is 0 Å². The van der Waals surface area contributed by atoms with Crippen LogP contribution in [0.15, 0.2) is 72.1 Å². The Morgan fingerprint density at radius 2 is 1.76 bits per heavy atom. The van der Waals surface area contributed by atoms with Gasteiger partial charge in [-0.3, -0.25) is 14.5 Å². The van der Waals surface area contributed by atoms with Crippen LogP contribution in [-0.2, 0) is 11.0 Å². The van der Waals surface area contributed by atoms with Crippen molar-refractivity contribution in [3.05, 3.63) is 83.2 Å². The summed E-state index contributed by atoms with van der Waals surface area (Å²) in [5, 5.41) is 10.1. The lowest BCUT2D eigenvalue weighted by molar-refractivity contribution is -0.137. The number of allylic oxidation sites excluding steroid dienone is 1. The van der Waals surface area contributed by atoms with E-state index in [0.29, 0.717) is 22.5 Å². The van der Waals surface area contributed by atoms with Gasteiger partial charge < -0.3 is 10.0 Å². The summed E-state index contributed by atoms with van der Waals surface area (Å²) >= 11 is 0. The number of aliphatic hydroxyl groups excluding tert-OH is 1. The highest BCUT2D eigenvalue weighted by Gasteiger charge is 2.38. The first-order valence-electron chi connectivity index (χ1n) is 10.6. The van der Waals surface area contributed by atoms with Gasteiger partial charge in [0.2, 0.25) is 5.91 Å². The average Bonchev–Trinajstić information content (AvgIpc) is 2.77. The SMILES string of the molecule is CC(C)N1C(=O)CN(C(=O)c2ccccc2-c2ccc(C(F)(F)F)cc2)C2=C1CC(O)C=C2. The van der Waals surface area contributed by atoms with Crippen LogP contribution in [0.5, 0.6) is 0 Å². The third kappa shape index (κ3) is 4.30. The van der Waals surface area contributed by atoms with Gasteiger partial charge in [0.05, 0.1) is 17.4 Å². The Morgan fingerprint density at radius 3 is 2.39 bits per heavy atom. The number of carbonyl (C=O) groups excluding carboxylic acids is 2. The second kappa shape index (κ2) is 8.51. The molecule has 1 aliphatic carbocycles. The van der Waals surface area contributed by atoms with Crippen molar-refractivity contribution in [2.75, 3.05) is 6.54 Å². The number of benzene rings is 2. The van der Waals surface area contributed by atoms with E-state index >= 15 is 0 Å². The highest BCUT2D eigenvalue weighted by Crippen LogP contribution is 2.35. The van der Waals surface area contributed by atoms with E-state index in [1.165, 1.54) is 17.0 Å². The molecule has 8 heteroatoms. The zero-order valence-corrected chi connectivity index (χ0v) is 18.1. The van der Waals surface area contributed by atoms with Crippen LogP contribution < -0.4 is 0 Å². The molecule has 1 atom stereocenters. The van der Waals surface area contributed by atoms with E-state index in [4.69, 9.17) is 0 Å². The molecule has 5 nitrogen and oxygen atoms in total. The van der Waals surface area contributed by atoms with Gasteiger partial charge in [0.1, 0.15) is 6.54 Å². The largest absolute Gasteiger partial charge is 0.416 e. The summed E-state index contributed by atoms with van der Waals surface area (Å²) in [6.45, 7) is 3.56. The lowest BCUT2D eigenvalue weighted by Crippen LogP contribution is -2.51. The molecule has 33 heavy (non-hydrogen) atoms. The standard InChI is InChI=1S/C25H23F3N2O3/c1-15(2)30-22-13-18(31)11-12-21(22)29(14-23(30)32)24(33)20-6-4-3-5-19(20)16-7-9-17(10-8-16)25(26,27)28/h3-12,15,18,31H,13-14H2,1-2H3. The van der Waals surface area contributed by atoms with Crippen molar-refractivity contribution in [2.45, 2.75) is 38.6 Å². The van der Waals surface area contributed by atoms with Crippen molar-refractivity contribution in [1.29, 1.82) is 0 Å². The van der Waals surface area contributed by atoms with Gasteiger partial charge in [-0.25, -0.2) is 0 Å². The maximum Gasteiger partial charge on any atom is 0.416 e. The van der Waals surface area contributed by atoms with Gasteiger partial charge in [0.25, 0.3) is 5.91 Å². The summed E-state index contributed by atoms with van der Waals surface area (Å²) in [5.74, 6) is -0.692. The molecule has 4 rings (SSSR count). The summed E-state index contributed by atoms with van der Waals surface area (Å²) in [7, 11) is 0. The Labute approximate surface area is 189 Å². The molecule has 0 saturated heterocycles. The zero-order chi connectivity index (χ0) is 23.9. The van der Waals surface area contributed by atoms with E-state index < -0.39 is 23.8 Å². The zero-order valence-electron chi connectivity index (χ0n) is 18.1. The Bertz CT molecular complexity index is 1150. The number of rotatable bonds is 3. The van der Waals surface area contributed by atoms with Crippen molar-refractivity contribution in [3.8, 4) is 11.1 Å². The Hall–Kier alpha value is -3.39.